The summed E-state index contributed by atoms with van der Waals surface area (Å²) in [6, 6.07) is 7.37. The van der Waals surface area contributed by atoms with Crippen molar-refractivity contribution in [2.75, 3.05) is 17.7 Å². The summed E-state index contributed by atoms with van der Waals surface area (Å²) < 4.78 is 14.1. The predicted molar refractivity (Wildman–Crippen MR) is 80.8 cm³/mol. The maximum absolute atomic E-state index is 13.7. The highest BCUT2D eigenvalue weighted by Crippen LogP contribution is 2.26. The molecule has 0 fully saturated rings. The van der Waals surface area contributed by atoms with Crippen LogP contribution in [0.3, 0.4) is 0 Å². The van der Waals surface area contributed by atoms with Gasteiger partial charge < -0.3 is 10.6 Å². The zero-order chi connectivity index (χ0) is 14.7. The van der Waals surface area contributed by atoms with E-state index in [2.05, 4.69) is 31.5 Å². The van der Waals surface area contributed by atoms with Gasteiger partial charge in [0.05, 0.1) is 5.69 Å². The number of rotatable bonds is 3. The minimum Gasteiger partial charge on any atom is -0.373 e. The molecular weight excluding hydrogens is 349 g/mol. The van der Waals surface area contributed by atoms with Crippen molar-refractivity contribution in [3.63, 3.8) is 0 Å². The second kappa shape index (κ2) is 6.19. The molecule has 0 radical (unpaired) electrons. The molecule has 0 saturated heterocycles. The van der Waals surface area contributed by atoms with Crippen molar-refractivity contribution in [1.82, 2.24) is 4.98 Å². The number of hydrogen-bond acceptors (Lipinski definition) is 3. The Morgan fingerprint density at radius 3 is 2.80 bits per heavy atom. The van der Waals surface area contributed by atoms with Crippen molar-refractivity contribution in [2.45, 2.75) is 0 Å². The van der Waals surface area contributed by atoms with E-state index in [0.717, 1.165) is 0 Å². The Kier molecular flexibility index (Phi) is 4.57. The topological polar surface area (TPSA) is 54.0 Å². The second-order valence-corrected chi connectivity index (χ2v) is 5.11. The highest BCUT2D eigenvalue weighted by molar-refractivity contribution is 9.10. The third-order valence-electron chi connectivity index (χ3n) is 2.51. The molecule has 1 heterocycles. The molecule has 0 unspecified atom stereocenters. The van der Waals surface area contributed by atoms with Crippen LogP contribution in [0.5, 0.6) is 0 Å². The number of carbonyl (C=O) groups excluding carboxylic acids is 1. The van der Waals surface area contributed by atoms with Gasteiger partial charge in [-0.1, -0.05) is 17.7 Å². The molecule has 2 rings (SSSR count). The average molecular weight is 359 g/mol. The first-order valence-corrected chi connectivity index (χ1v) is 6.79. The van der Waals surface area contributed by atoms with E-state index in [1.807, 2.05) is 0 Å². The summed E-state index contributed by atoms with van der Waals surface area (Å²) in [4.78, 5) is 16.1. The fraction of sp³-hybridized carbons (Fsp3) is 0.0769. The largest absolute Gasteiger partial charge is 0.373 e. The van der Waals surface area contributed by atoms with Gasteiger partial charge in [0.2, 0.25) is 0 Å². The lowest BCUT2D eigenvalue weighted by atomic mass is 10.2. The van der Waals surface area contributed by atoms with Crippen molar-refractivity contribution < 1.29 is 9.18 Å². The molecule has 104 valence electrons. The number of nitrogens with one attached hydrogen (secondary N) is 2. The normalized spacial score (nSPS) is 10.2. The van der Waals surface area contributed by atoms with Gasteiger partial charge >= 0.3 is 0 Å². The van der Waals surface area contributed by atoms with E-state index in [1.165, 1.54) is 24.3 Å². The minimum absolute atomic E-state index is 0.0800. The highest BCUT2D eigenvalue weighted by Gasteiger charge is 2.13. The van der Waals surface area contributed by atoms with Crippen molar-refractivity contribution in [3.05, 3.63) is 51.3 Å². The first-order valence-electron chi connectivity index (χ1n) is 5.62. The van der Waals surface area contributed by atoms with Gasteiger partial charge in [-0.2, -0.15) is 0 Å². The van der Waals surface area contributed by atoms with Gasteiger partial charge in [-0.15, -0.1) is 0 Å². The number of hydrogen-bond donors (Lipinski definition) is 2. The molecular formula is C13H10BrClFN3O. The molecule has 0 aliphatic rings. The van der Waals surface area contributed by atoms with E-state index in [0.29, 0.717) is 10.3 Å². The molecule has 0 bridgehead atoms. The Balaban J connectivity index is 2.31. The number of aromatic nitrogens is 1. The van der Waals surface area contributed by atoms with Crippen LogP contribution in [0.25, 0.3) is 0 Å². The summed E-state index contributed by atoms with van der Waals surface area (Å²) in [5.41, 5.74) is 0.362. The maximum Gasteiger partial charge on any atom is 0.256 e. The predicted octanol–water partition coefficient (Wildman–Crippen LogP) is 3.93. The van der Waals surface area contributed by atoms with Gasteiger partial charge in [0.1, 0.15) is 16.8 Å². The lowest BCUT2D eigenvalue weighted by Gasteiger charge is -2.09. The molecule has 0 spiro atoms. The molecule has 0 aliphatic heterocycles. The molecule has 2 aromatic rings. The van der Waals surface area contributed by atoms with Gasteiger partial charge in [0.25, 0.3) is 5.91 Å². The first kappa shape index (κ1) is 14.7. The molecule has 7 heteroatoms. The lowest BCUT2D eigenvalue weighted by Crippen LogP contribution is -2.14. The Bertz CT molecular complexity index is 646. The lowest BCUT2D eigenvalue weighted by molar-refractivity contribution is 0.102. The summed E-state index contributed by atoms with van der Waals surface area (Å²) in [5.74, 6) is -0.548. The number of nitrogens with zero attached hydrogens (tertiary/aromatic N) is 1. The summed E-state index contributed by atoms with van der Waals surface area (Å²) >= 11 is 9.01. The smallest absolute Gasteiger partial charge is 0.256 e. The summed E-state index contributed by atoms with van der Waals surface area (Å²) in [7, 11) is 1.66. The van der Waals surface area contributed by atoms with Crippen molar-refractivity contribution in [3.8, 4) is 0 Å². The number of pyridine rings is 1. The maximum atomic E-state index is 13.7. The first-order chi connectivity index (χ1) is 9.51. The van der Waals surface area contributed by atoms with Crippen molar-refractivity contribution >= 4 is 44.9 Å². The van der Waals surface area contributed by atoms with Crippen LogP contribution in [-0.4, -0.2) is 17.9 Å². The van der Waals surface area contributed by atoms with Crippen LogP contribution in [0, 0.1) is 5.82 Å². The molecule has 0 saturated carbocycles. The van der Waals surface area contributed by atoms with Crippen molar-refractivity contribution in [2.24, 2.45) is 0 Å². The van der Waals surface area contributed by atoms with Gasteiger partial charge in [-0.3, -0.25) is 4.79 Å². The number of para-hydroxylation sites is 1. The average Bonchev–Trinajstić information content (AvgIpc) is 2.42. The van der Waals surface area contributed by atoms with Crippen LogP contribution in [0.2, 0.25) is 5.15 Å². The Hall–Kier alpha value is -1.66. The third-order valence-corrected chi connectivity index (χ3v) is 3.37. The van der Waals surface area contributed by atoms with E-state index >= 15 is 0 Å². The van der Waals surface area contributed by atoms with Gasteiger partial charge in [-0.25, -0.2) is 9.37 Å². The zero-order valence-corrected chi connectivity index (χ0v) is 12.7. The van der Waals surface area contributed by atoms with E-state index < -0.39 is 11.7 Å². The standard InChI is InChI=1S/C13H10BrClFN3O/c1-17-11-6-7(5-10(15)18-11)13(20)19-12-8(14)3-2-4-9(12)16/h2-6H,1H3,(H,17,18)(H,19,20). The fourth-order valence-electron chi connectivity index (χ4n) is 1.56. The Labute approximate surface area is 128 Å². The molecule has 0 aliphatic carbocycles. The number of halogens is 3. The molecule has 4 nitrogen and oxygen atoms in total. The molecule has 1 aromatic heterocycles. The molecule has 20 heavy (non-hydrogen) atoms. The number of carbonyl (C=O) groups is 1. The number of benzene rings is 1. The number of anilines is 2. The van der Waals surface area contributed by atoms with Crippen LogP contribution in [0.1, 0.15) is 10.4 Å². The molecule has 1 aromatic carbocycles. The van der Waals surface area contributed by atoms with E-state index in [4.69, 9.17) is 11.6 Å². The van der Waals surface area contributed by atoms with E-state index in [9.17, 15) is 9.18 Å². The summed E-state index contributed by atoms with van der Waals surface area (Å²) in [6.07, 6.45) is 0. The quantitative estimate of drug-likeness (QED) is 0.817. The second-order valence-electron chi connectivity index (χ2n) is 3.86. The van der Waals surface area contributed by atoms with Crippen LogP contribution in [-0.2, 0) is 0 Å². The minimum atomic E-state index is -0.526. The van der Waals surface area contributed by atoms with Crippen LogP contribution in [0.15, 0.2) is 34.8 Å². The highest BCUT2D eigenvalue weighted by atomic mass is 79.9. The van der Waals surface area contributed by atoms with Crippen molar-refractivity contribution in [1.29, 1.82) is 0 Å². The zero-order valence-electron chi connectivity index (χ0n) is 10.4. The Morgan fingerprint density at radius 1 is 1.40 bits per heavy atom. The van der Waals surface area contributed by atoms with Gasteiger partial charge in [-0.05, 0) is 40.2 Å². The summed E-state index contributed by atoms with van der Waals surface area (Å²) in [5, 5.41) is 5.46. The monoisotopic (exact) mass is 357 g/mol. The number of amides is 1. The third kappa shape index (κ3) is 3.26. The fourth-order valence-corrected chi connectivity index (χ4v) is 2.21. The summed E-state index contributed by atoms with van der Waals surface area (Å²) in [6.45, 7) is 0. The van der Waals surface area contributed by atoms with Crippen LogP contribution >= 0.6 is 27.5 Å². The van der Waals surface area contributed by atoms with E-state index in [-0.39, 0.29) is 16.4 Å². The van der Waals surface area contributed by atoms with Gasteiger partial charge in [0.15, 0.2) is 0 Å². The van der Waals surface area contributed by atoms with E-state index in [1.54, 1.807) is 13.1 Å². The molecule has 2 N–H and O–H groups in total. The van der Waals surface area contributed by atoms with Crippen LogP contribution < -0.4 is 10.6 Å². The van der Waals surface area contributed by atoms with Crippen LogP contribution in [0.4, 0.5) is 15.9 Å². The SMILES string of the molecule is CNc1cc(C(=O)Nc2c(F)cccc2Br)cc(Cl)n1. The van der Waals surface area contributed by atoms with Gasteiger partial charge in [0, 0.05) is 17.1 Å². The molecule has 0 atom stereocenters. The Morgan fingerprint density at radius 2 is 2.15 bits per heavy atom. The molecule has 1 amide bonds.